The molecular weight excluding hydrogens is 399 g/mol. The number of hydrogen-bond acceptors (Lipinski definition) is 5. The van der Waals surface area contributed by atoms with Crippen molar-refractivity contribution in [1.82, 2.24) is 9.97 Å². The van der Waals surface area contributed by atoms with Crippen molar-refractivity contribution < 1.29 is 4.74 Å². The average molecular weight is 417 g/mol. The van der Waals surface area contributed by atoms with E-state index in [2.05, 4.69) is 20.5 Å². The van der Waals surface area contributed by atoms with Crippen molar-refractivity contribution in [3.05, 3.63) is 74.5 Å². The third kappa shape index (κ3) is 5.12. The van der Waals surface area contributed by atoms with E-state index in [9.17, 15) is 4.79 Å². The largest absolute Gasteiger partial charge is 0.490 e. The van der Waals surface area contributed by atoms with Crippen LogP contribution in [0.1, 0.15) is 18.9 Å². The lowest BCUT2D eigenvalue weighted by Gasteiger charge is -2.09. The van der Waals surface area contributed by atoms with Gasteiger partial charge < -0.3 is 4.74 Å². The van der Waals surface area contributed by atoms with Gasteiger partial charge in [0.15, 0.2) is 5.75 Å². The van der Waals surface area contributed by atoms with Crippen LogP contribution in [0.2, 0.25) is 10.0 Å². The Hall–Kier alpha value is -2.83. The monoisotopic (exact) mass is 416 g/mol. The van der Waals surface area contributed by atoms with Gasteiger partial charge in [-0.2, -0.15) is 5.10 Å². The molecule has 2 aromatic carbocycles. The molecule has 0 amide bonds. The zero-order valence-corrected chi connectivity index (χ0v) is 16.6. The number of hydrogen-bond donors (Lipinski definition) is 2. The number of aromatic nitrogens is 2. The summed E-state index contributed by atoms with van der Waals surface area (Å²) in [4.78, 5) is 18.9. The summed E-state index contributed by atoms with van der Waals surface area (Å²) in [7, 11) is 0. The molecule has 0 bridgehead atoms. The molecule has 144 valence electrons. The van der Waals surface area contributed by atoms with E-state index >= 15 is 0 Å². The second-order valence-electron chi connectivity index (χ2n) is 5.88. The molecule has 0 saturated heterocycles. The number of ether oxygens (including phenoxy) is 1. The molecule has 0 radical (unpaired) electrons. The predicted octanol–water partition coefficient (Wildman–Crippen LogP) is 4.98. The van der Waals surface area contributed by atoms with E-state index in [0.717, 1.165) is 12.0 Å². The molecule has 28 heavy (non-hydrogen) atoms. The molecule has 0 aliphatic heterocycles. The van der Waals surface area contributed by atoms with Crippen molar-refractivity contribution in [2.24, 2.45) is 5.10 Å². The molecule has 0 saturated carbocycles. The fourth-order valence-corrected chi connectivity index (χ4v) is 3.04. The van der Waals surface area contributed by atoms with E-state index in [1.807, 2.05) is 37.3 Å². The highest BCUT2D eigenvalue weighted by Gasteiger charge is 2.09. The quantitative estimate of drug-likeness (QED) is 0.420. The van der Waals surface area contributed by atoms with Gasteiger partial charge in [-0.15, -0.1) is 0 Å². The summed E-state index contributed by atoms with van der Waals surface area (Å²) in [6.45, 7) is 2.53. The number of rotatable bonds is 7. The van der Waals surface area contributed by atoms with Gasteiger partial charge in [0.2, 0.25) is 5.95 Å². The Morgan fingerprint density at radius 2 is 1.89 bits per heavy atom. The molecule has 3 aromatic rings. The summed E-state index contributed by atoms with van der Waals surface area (Å²) >= 11 is 12.4. The second kappa shape index (κ2) is 9.39. The van der Waals surface area contributed by atoms with Gasteiger partial charge in [-0.05, 0) is 24.1 Å². The highest BCUT2D eigenvalue weighted by atomic mass is 35.5. The molecule has 1 aromatic heterocycles. The van der Waals surface area contributed by atoms with Crippen LogP contribution in [0.3, 0.4) is 0 Å². The summed E-state index contributed by atoms with van der Waals surface area (Å²) < 4.78 is 5.54. The number of aromatic amines is 1. The zero-order valence-electron chi connectivity index (χ0n) is 15.1. The van der Waals surface area contributed by atoms with Gasteiger partial charge in [-0.25, -0.2) is 10.4 Å². The van der Waals surface area contributed by atoms with Crippen LogP contribution >= 0.6 is 23.2 Å². The van der Waals surface area contributed by atoms with Crippen molar-refractivity contribution in [3.63, 3.8) is 0 Å². The Kier molecular flexibility index (Phi) is 6.68. The topological polar surface area (TPSA) is 79.4 Å². The molecule has 0 aliphatic carbocycles. The number of anilines is 1. The van der Waals surface area contributed by atoms with E-state index in [4.69, 9.17) is 27.9 Å². The van der Waals surface area contributed by atoms with E-state index < -0.39 is 0 Å². The summed E-state index contributed by atoms with van der Waals surface area (Å²) in [5, 5.41) is 4.90. The van der Waals surface area contributed by atoms with Crippen LogP contribution < -0.4 is 15.7 Å². The van der Waals surface area contributed by atoms with Gasteiger partial charge in [-0.3, -0.25) is 9.78 Å². The maximum atomic E-state index is 11.9. The summed E-state index contributed by atoms with van der Waals surface area (Å²) in [5.74, 6) is 0.680. The Morgan fingerprint density at radius 3 is 2.57 bits per heavy atom. The van der Waals surface area contributed by atoms with Gasteiger partial charge in [0.05, 0.1) is 28.6 Å². The lowest BCUT2D eigenvalue weighted by Crippen LogP contribution is -2.10. The fourth-order valence-electron chi connectivity index (χ4n) is 2.43. The van der Waals surface area contributed by atoms with Gasteiger partial charge in [0.1, 0.15) is 0 Å². The zero-order chi connectivity index (χ0) is 19.9. The molecule has 8 heteroatoms. The Balaban J connectivity index is 1.76. The minimum atomic E-state index is -0.282. The van der Waals surface area contributed by atoms with Crippen LogP contribution in [0.4, 0.5) is 5.95 Å². The van der Waals surface area contributed by atoms with E-state index in [0.29, 0.717) is 33.7 Å². The number of H-pyrrole nitrogens is 1. The Bertz CT molecular complexity index is 1010. The maximum absolute atomic E-state index is 11.9. The highest BCUT2D eigenvalue weighted by molar-refractivity contribution is 6.37. The molecule has 1 heterocycles. The van der Waals surface area contributed by atoms with Gasteiger partial charge >= 0.3 is 0 Å². The van der Waals surface area contributed by atoms with Crippen LogP contribution in [-0.4, -0.2) is 22.8 Å². The lowest BCUT2D eigenvalue weighted by molar-refractivity contribution is 0.318. The van der Waals surface area contributed by atoms with Crippen LogP contribution in [0, 0.1) is 0 Å². The average Bonchev–Trinajstić information content (AvgIpc) is 2.68. The van der Waals surface area contributed by atoms with Gasteiger partial charge in [0.25, 0.3) is 5.56 Å². The van der Waals surface area contributed by atoms with Crippen molar-refractivity contribution in [1.29, 1.82) is 0 Å². The first-order chi connectivity index (χ1) is 13.6. The molecule has 2 N–H and O–H groups in total. The third-order valence-corrected chi connectivity index (χ3v) is 4.23. The van der Waals surface area contributed by atoms with Crippen LogP contribution in [0.15, 0.2) is 58.4 Å². The predicted molar refractivity (Wildman–Crippen MR) is 114 cm³/mol. The van der Waals surface area contributed by atoms with Gasteiger partial charge in [0, 0.05) is 11.6 Å². The summed E-state index contributed by atoms with van der Waals surface area (Å²) in [5.41, 5.74) is 4.49. The standard InChI is InChI=1S/C20H18Cl2N4O2/c1-2-8-28-19-15(21)9-13(10-16(19)22)12-23-26-20-24-17(11-18(27)25-20)14-6-4-3-5-7-14/h3-7,9-12H,2,8H2,1H3,(H2,24,25,26,27)/b23-12-. The number of nitrogens with zero attached hydrogens (tertiary/aromatic N) is 2. The Morgan fingerprint density at radius 1 is 1.18 bits per heavy atom. The minimum absolute atomic E-state index is 0.225. The van der Waals surface area contributed by atoms with Gasteiger partial charge in [-0.1, -0.05) is 60.5 Å². The van der Waals surface area contributed by atoms with Crippen LogP contribution in [0.25, 0.3) is 11.3 Å². The molecule has 6 nitrogen and oxygen atoms in total. The fraction of sp³-hybridized carbons (Fsp3) is 0.150. The van der Waals surface area contributed by atoms with Crippen molar-refractivity contribution in [2.75, 3.05) is 12.0 Å². The van der Waals surface area contributed by atoms with E-state index in [1.165, 1.54) is 12.3 Å². The first kappa shape index (κ1) is 19.9. The first-order valence-corrected chi connectivity index (χ1v) is 9.40. The first-order valence-electron chi connectivity index (χ1n) is 8.64. The van der Waals surface area contributed by atoms with E-state index in [1.54, 1.807) is 12.1 Å². The molecule has 3 rings (SSSR count). The normalized spacial score (nSPS) is 11.0. The Labute approximate surface area is 172 Å². The molecule has 0 atom stereocenters. The highest BCUT2D eigenvalue weighted by Crippen LogP contribution is 2.33. The van der Waals surface area contributed by atoms with E-state index in [-0.39, 0.29) is 11.5 Å². The smallest absolute Gasteiger partial charge is 0.252 e. The summed E-state index contributed by atoms with van der Waals surface area (Å²) in [6, 6.07) is 14.2. The molecule has 0 fully saturated rings. The number of hydrazone groups is 1. The molecule has 0 unspecified atom stereocenters. The van der Waals surface area contributed by atoms with Crippen molar-refractivity contribution >= 4 is 35.4 Å². The SMILES string of the molecule is CCCOc1c(Cl)cc(/C=N\Nc2nc(-c3ccccc3)cc(=O)[nH]2)cc1Cl. The number of halogens is 2. The van der Waals surface area contributed by atoms with Crippen molar-refractivity contribution in [3.8, 4) is 17.0 Å². The third-order valence-electron chi connectivity index (χ3n) is 3.67. The lowest BCUT2D eigenvalue weighted by atomic mass is 10.1. The number of benzene rings is 2. The molecular formula is C20H18Cl2N4O2. The summed E-state index contributed by atoms with van der Waals surface area (Å²) in [6.07, 6.45) is 2.38. The second-order valence-corrected chi connectivity index (χ2v) is 6.69. The van der Waals surface area contributed by atoms with Crippen molar-refractivity contribution in [2.45, 2.75) is 13.3 Å². The van der Waals surface area contributed by atoms with Crippen LogP contribution in [-0.2, 0) is 0 Å². The minimum Gasteiger partial charge on any atom is -0.490 e. The number of nitrogens with one attached hydrogen (secondary N) is 2. The van der Waals surface area contributed by atoms with Crippen LogP contribution in [0.5, 0.6) is 5.75 Å². The molecule has 0 spiro atoms. The molecule has 0 aliphatic rings. The maximum Gasteiger partial charge on any atom is 0.252 e.